The van der Waals surface area contributed by atoms with E-state index in [-0.39, 0.29) is 5.56 Å². The van der Waals surface area contributed by atoms with E-state index in [2.05, 4.69) is 10.6 Å². The molecule has 0 aliphatic rings. The number of alkyl carbamates (subject to hydrolysis) is 1. The van der Waals surface area contributed by atoms with Gasteiger partial charge in [-0.2, -0.15) is 0 Å². The van der Waals surface area contributed by atoms with Gasteiger partial charge in [0.25, 0.3) is 5.56 Å². The molecule has 1 aromatic heterocycles. The van der Waals surface area contributed by atoms with E-state index >= 15 is 0 Å². The number of amides is 1. The van der Waals surface area contributed by atoms with Crippen molar-refractivity contribution in [3.05, 3.63) is 40.2 Å². The van der Waals surface area contributed by atoms with Crippen LogP contribution in [0.4, 0.5) is 4.79 Å². The molecule has 0 aliphatic carbocycles. The molecule has 0 saturated carbocycles. The number of benzene rings is 1. The predicted octanol–water partition coefficient (Wildman–Crippen LogP) is 2.43. The van der Waals surface area contributed by atoms with E-state index in [0.717, 1.165) is 22.2 Å². The Morgan fingerprint density at radius 1 is 1.15 bits per heavy atom. The van der Waals surface area contributed by atoms with Gasteiger partial charge < -0.3 is 24.7 Å². The molecule has 7 heteroatoms. The SMILES string of the molecule is COc1ccc2c(C)cc(=O)n(CCNCCNC(=O)OC(C)(C)C)c2c1. The Balaban J connectivity index is 1.92. The highest BCUT2D eigenvalue weighted by atomic mass is 16.6. The Morgan fingerprint density at radius 2 is 1.89 bits per heavy atom. The zero-order valence-corrected chi connectivity index (χ0v) is 16.7. The van der Waals surface area contributed by atoms with Crippen molar-refractivity contribution >= 4 is 17.0 Å². The van der Waals surface area contributed by atoms with Crippen molar-refractivity contribution in [1.82, 2.24) is 15.2 Å². The number of rotatable bonds is 7. The molecular formula is C20H29N3O4. The van der Waals surface area contributed by atoms with Gasteiger partial charge in [-0.15, -0.1) is 0 Å². The Bertz CT molecular complexity index is 853. The van der Waals surface area contributed by atoms with Gasteiger partial charge in [0.05, 0.1) is 12.6 Å². The molecule has 0 unspecified atom stereocenters. The van der Waals surface area contributed by atoms with Gasteiger partial charge in [-0.1, -0.05) is 0 Å². The van der Waals surface area contributed by atoms with Crippen LogP contribution in [0.15, 0.2) is 29.1 Å². The number of ether oxygens (including phenoxy) is 2. The van der Waals surface area contributed by atoms with Gasteiger partial charge in [-0.05, 0) is 45.4 Å². The lowest BCUT2D eigenvalue weighted by molar-refractivity contribution is 0.0528. The highest BCUT2D eigenvalue weighted by Crippen LogP contribution is 2.22. The monoisotopic (exact) mass is 375 g/mol. The lowest BCUT2D eigenvalue weighted by Gasteiger charge is -2.19. The van der Waals surface area contributed by atoms with Crippen LogP contribution in [-0.2, 0) is 11.3 Å². The fourth-order valence-electron chi connectivity index (χ4n) is 2.77. The molecule has 1 aromatic carbocycles. The summed E-state index contributed by atoms with van der Waals surface area (Å²) in [4.78, 5) is 24.0. The van der Waals surface area contributed by atoms with Crippen LogP contribution >= 0.6 is 0 Å². The Morgan fingerprint density at radius 3 is 2.56 bits per heavy atom. The first-order chi connectivity index (χ1) is 12.7. The molecule has 0 bridgehead atoms. The lowest BCUT2D eigenvalue weighted by Crippen LogP contribution is -2.37. The topological polar surface area (TPSA) is 81.6 Å². The first-order valence-corrected chi connectivity index (χ1v) is 9.07. The van der Waals surface area contributed by atoms with Crippen molar-refractivity contribution in [3.63, 3.8) is 0 Å². The molecule has 0 saturated heterocycles. The fourth-order valence-corrected chi connectivity index (χ4v) is 2.77. The summed E-state index contributed by atoms with van der Waals surface area (Å²) in [6.45, 7) is 9.56. The lowest BCUT2D eigenvalue weighted by atomic mass is 10.1. The molecule has 148 valence electrons. The minimum atomic E-state index is -0.508. The third kappa shape index (κ3) is 5.99. The van der Waals surface area contributed by atoms with Crippen molar-refractivity contribution < 1.29 is 14.3 Å². The molecule has 2 N–H and O–H groups in total. The summed E-state index contributed by atoms with van der Waals surface area (Å²) >= 11 is 0. The van der Waals surface area contributed by atoms with Gasteiger partial charge in [-0.3, -0.25) is 4.79 Å². The third-order valence-corrected chi connectivity index (χ3v) is 4.01. The van der Waals surface area contributed by atoms with Crippen molar-refractivity contribution in [2.45, 2.75) is 39.8 Å². The van der Waals surface area contributed by atoms with Gasteiger partial charge in [0.2, 0.25) is 0 Å². The first kappa shape index (κ1) is 20.8. The molecule has 27 heavy (non-hydrogen) atoms. The maximum Gasteiger partial charge on any atom is 0.407 e. The van der Waals surface area contributed by atoms with Crippen LogP contribution in [0, 0.1) is 6.92 Å². The summed E-state index contributed by atoms with van der Waals surface area (Å²) in [5.74, 6) is 0.718. The summed E-state index contributed by atoms with van der Waals surface area (Å²) in [7, 11) is 1.61. The van der Waals surface area contributed by atoms with E-state index in [9.17, 15) is 9.59 Å². The molecule has 0 radical (unpaired) electrons. The molecule has 2 aromatic rings. The summed E-state index contributed by atoms with van der Waals surface area (Å²) in [5.41, 5.74) is 1.25. The van der Waals surface area contributed by atoms with Gasteiger partial charge >= 0.3 is 6.09 Å². The predicted molar refractivity (Wildman–Crippen MR) is 107 cm³/mol. The van der Waals surface area contributed by atoms with Crippen molar-refractivity contribution in [2.24, 2.45) is 0 Å². The van der Waals surface area contributed by atoms with Gasteiger partial charge in [0, 0.05) is 43.7 Å². The number of methoxy groups -OCH3 is 1. The molecule has 0 spiro atoms. The first-order valence-electron chi connectivity index (χ1n) is 9.07. The Kier molecular flexibility index (Phi) is 6.85. The average molecular weight is 375 g/mol. The maximum atomic E-state index is 12.4. The van der Waals surface area contributed by atoms with E-state index in [1.807, 2.05) is 45.9 Å². The average Bonchev–Trinajstić information content (AvgIpc) is 2.58. The van der Waals surface area contributed by atoms with Crippen molar-refractivity contribution in [2.75, 3.05) is 26.7 Å². The van der Waals surface area contributed by atoms with Crippen LogP contribution in [-0.4, -0.2) is 43.0 Å². The van der Waals surface area contributed by atoms with Gasteiger partial charge in [0.1, 0.15) is 11.4 Å². The van der Waals surface area contributed by atoms with Gasteiger partial charge in [0.15, 0.2) is 0 Å². The number of aryl methyl sites for hydroxylation is 1. The smallest absolute Gasteiger partial charge is 0.407 e. The summed E-state index contributed by atoms with van der Waals surface area (Å²) < 4.78 is 12.2. The van der Waals surface area contributed by atoms with Crippen LogP contribution < -0.4 is 20.9 Å². The number of nitrogens with one attached hydrogen (secondary N) is 2. The van der Waals surface area contributed by atoms with E-state index in [4.69, 9.17) is 9.47 Å². The van der Waals surface area contributed by atoms with Crippen molar-refractivity contribution in [3.8, 4) is 5.75 Å². The quantitative estimate of drug-likeness (QED) is 0.727. The second-order valence-electron chi connectivity index (χ2n) is 7.38. The number of hydrogen-bond acceptors (Lipinski definition) is 5. The van der Waals surface area contributed by atoms with Crippen LogP contribution in [0.5, 0.6) is 5.75 Å². The Hall–Kier alpha value is -2.54. The molecule has 1 amide bonds. The molecule has 0 atom stereocenters. The number of pyridine rings is 1. The van der Waals surface area contributed by atoms with Crippen LogP contribution in [0.2, 0.25) is 0 Å². The van der Waals surface area contributed by atoms with E-state index in [1.165, 1.54) is 0 Å². The highest BCUT2D eigenvalue weighted by molar-refractivity contribution is 5.83. The maximum absolute atomic E-state index is 12.4. The summed E-state index contributed by atoms with van der Waals surface area (Å²) in [6, 6.07) is 7.40. The number of fused-ring (bicyclic) bond motifs is 1. The van der Waals surface area contributed by atoms with Crippen LogP contribution in [0.25, 0.3) is 10.9 Å². The molecule has 2 rings (SSSR count). The summed E-state index contributed by atoms with van der Waals surface area (Å²) in [6.07, 6.45) is -0.433. The number of nitrogens with zero attached hydrogens (tertiary/aromatic N) is 1. The molecule has 1 heterocycles. The second kappa shape index (κ2) is 8.90. The van der Waals surface area contributed by atoms with Crippen LogP contribution in [0.1, 0.15) is 26.3 Å². The third-order valence-electron chi connectivity index (χ3n) is 4.01. The minimum absolute atomic E-state index is 0.0399. The van der Waals surface area contributed by atoms with Gasteiger partial charge in [-0.25, -0.2) is 4.79 Å². The van der Waals surface area contributed by atoms with E-state index < -0.39 is 11.7 Å². The Labute approximate surface area is 159 Å². The van der Waals surface area contributed by atoms with E-state index in [1.54, 1.807) is 17.7 Å². The molecule has 0 fully saturated rings. The second-order valence-corrected chi connectivity index (χ2v) is 7.38. The molecule has 7 nitrogen and oxygen atoms in total. The van der Waals surface area contributed by atoms with Crippen LogP contribution in [0.3, 0.4) is 0 Å². The number of aromatic nitrogens is 1. The van der Waals surface area contributed by atoms with E-state index in [0.29, 0.717) is 26.2 Å². The zero-order chi connectivity index (χ0) is 20.0. The number of carbonyl (C=O) groups excluding carboxylic acids is 1. The highest BCUT2D eigenvalue weighted by Gasteiger charge is 2.15. The number of hydrogen-bond donors (Lipinski definition) is 2. The minimum Gasteiger partial charge on any atom is -0.497 e. The zero-order valence-electron chi connectivity index (χ0n) is 16.7. The molecule has 0 aliphatic heterocycles. The molecular weight excluding hydrogens is 346 g/mol. The largest absolute Gasteiger partial charge is 0.497 e. The standard InChI is InChI=1S/C20H29N3O4/c1-14-12-18(24)23(17-13-15(26-5)6-7-16(14)17)11-10-21-8-9-22-19(25)27-20(2,3)4/h6-7,12-13,21H,8-11H2,1-5H3,(H,22,25). The summed E-state index contributed by atoms with van der Waals surface area (Å²) in [5, 5.41) is 6.95. The number of carbonyl (C=O) groups is 1. The normalized spacial score (nSPS) is 11.4. The fraction of sp³-hybridized carbons (Fsp3) is 0.500. The van der Waals surface area contributed by atoms with Crippen molar-refractivity contribution in [1.29, 1.82) is 0 Å².